The third-order valence-electron chi connectivity index (χ3n) is 5.88. The number of nitrogens with zero attached hydrogens (tertiary/aromatic N) is 4. The Morgan fingerprint density at radius 2 is 1.97 bits per heavy atom. The van der Waals surface area contributed by atoms with E-state index in [9.17, 15) is 18.9 Å². The topological polar surface area (TPSA) is 185 Å². The van der Waals surface area contributed by atoms with Crippen LogP contribution >= 0.6 is 7.82 Å². The van der Waals surface area contributed by atoms with Crippen LogP contribution in [-0.4, -0.2) is 66.6 Å². The Labute approximate surface area is 217 Å². The summed E-state index contributed by atoms with van der Waals surface area (Å²) in [5.41, 5.74) is 3.20. The van der Waals surface area contributed by atoms with Crippen LogP contribution in [0.25, 0.3) is 5.52 Å². The number of anilines is 2. The van der Waals surface area contributed by atoms with Gasteiger partial charge < -0.3 is 25.2 Å². The van der Waals surface area contributed by atoms with Crippen LogP contribution < -0.4 is 10.6 Å². The number of carbonyl (C=O) groups is 3. The summed E-state index contributed by atoms with van der Waals surface area (Å²) in [5.74, 6) is -0.459. The molecule has 38 heavy (non-hydrogen) atoms. The van der Waals surface area contributed by atoms with E-state index >= 15 is 0 Å². The number of aryl methyl sites for hydroxylation is 2. The fraction of sp³-hybridized carbons (Fsp3) is 0.348. The molecule has 0 unspecified atom stereocenters. The van der Waals surface area contributed by atoms with E-state index in [0.717, 1.165) is 10.5 Å². The monoisotopic (exact) mass is 546 g/mol. The predicted octanol–water partition coefficient (Wildman–Crippen LogP) is 2.65. The van der Waals surface area contributed by atoms with E-state index in [1.165, 1.54) is 6.33 Å². The number of rotatable bonds is 9. The summed E-state index contributed by atoms with van der Waals surface area (Å²) < 4.78 is 21.3. The molecule has 3 amide bonds. The van der Waals surface area contributed by atoms with Crippen LogP contribution in [0.4, 0.5) is 16.3 Å². The number of benzene rings is 1. The smallest absolute Gasteiger partial charge is 0.421 e. The van der Waals surface area contributed by atoms with Gasteiger partial charge in [0, 0.05) is 30.0 Å². The quantitative estimate of drug-likeness (QED) is 0.228. The highest BCUT2D eigenvalue weighted by atomic mass is 31.2. The van der Waals surface area contributed by atoms with Gasteiger partial charge in [0.2, 0.25) is 6.79 Å². The summed E-state index contributed by atoms with van der Waals surface area (Å²) in [6, 6.07) is 4.43. The second-order valence-corrected chi connectivity index (χ2v) is 9.88. The molecule has 0 saturated heterocycles. The van der Waals surface area contributed by atoms with Gasteiger partial charge in [-0.3, -0.25) is 9.59 Å². The van der Waals surface area contributed by atoms with E-state index in [0.29, 0.717) is 47.5 Å². The van der Waals surface area contributed by atoms with Crippen molar-refractivity contribution < 1.29 is 38.0 Å². The zero-order valence-corrected chi connectivity index (χ0v) is 21.8. The Kier molecular flexibility index (Phi) is 7.78. The lowest BCUT2D eigenvalue weighted by Gasteiger charge is -2.21. The fourth-order valence-corrected chi connectivity index (χ4v) is 4.03. The molecule has 1 aliphatic carbocycles. The van der Waals surface area contributed by atoms with Gasteiger partial charge >= 0.3 is 13.9 Å². The predicted molar refractivity (Wildman–Crippen MR) is 134 cm³/mol. The number of carbonyl (C=O) groups excluding carboxylic acids is 3. The van der Waals surface area contributed by atoms with Crippen LogP contribution in [0.1, 0.15) is 51.6 Å². The zero-order valence-electron chi connectivity index (χ0n) is 20.9. The number of ether oxygens (including phenoxy) is 1. The molecule has 1 saturated carbocycles. The number of amides is 3. The number of phosphoric ester groups is 1. The first-order valence-electron chi connectivity index (χ1n) is 11.7. The number of phosphoric acid groups is 1. The van der Waals surface area contributed by atoms with Crippen molar-refractivity contribution in [1.29, 1.82) is 0 Å². The van der Waals surface area contributed by atoms with Crippen molar-refractivity contribution in [1.82, 2.24) is 24.8 Å². The first-order chi connectivity index (χ1) is 18.0. The largest absolute Gasteiger partial charge is 0.472 e. The second-order valence-electron chi connectivity index (χ2n) is 8.64. The highest BCUT2D eigenvalue weighted by Gasteiger charge is 2.39. The van der Waals surface area contributed by atoms with Gasteiger partial charge in [0.15, 0.2) is 5.82 Å². The van der Waals surface area contributed by atoms with Gasteiger partial charge in [0.25, 0.3) is 11.8 Å². The summed E-state index contributed by atoms with van der Waals surface area (Å²) in [5, 5.41) is 10.2. The minimum Gasteiger partial charge on any atom is -0.421 e. The van der Waals surface area contributed by atoms with Crippen molar-refractivity contribution in [2.45, 2.75) is 39.7 Å². The zero-order chi connectivity index (χ0) is 27.6. The molecular weight excluding hydrogens is 519 g/mol. The Balaban J connectivity index is 1.60. The number of fused-ring (bicyclic) bond motifs is 1. The molecule has 0 aliphatic heterocycles. The van der Waals surface area contributed by atoms with Gasteiger partial charge in [0.1, 0.15) is 11.8 Å². The molecule has 2 aromatic heterocycles. The summed E-state index contributed by atoms with van der Waals surface area (Å²) >= 11 is 0. The van der Waals surface area contributed by atoms with E-state index in [1.807, 2.05) is 13.8 Å². The molecule has 4 rings (SSSR count). The lowest BCUT2D eigenvalue weighted by Crippen LogP contribution is -2.39. The molecule has 14 nitrogen and oxygen atoms in total. The van der Waals surface area contributed by atoms with Crippen molar-refractivity contribution in [2.24, 2.45) is 0 Å². The van der Waals surface area contributed by atoms with Crippen molar-refractivity contribution >= 4 is 42.8 Å². The molecule has 1 aliphatic rings. The minimum absolute atomic E-state index is 0.179. The number of nitrogens with one attached hydrogen (secondary N) is 2. The van der Waals surface area contributed by atoms with Gasteiger partial charge in [-0.1, -0.05) is 6.07 Å². The molecule has 1 fully saturated rings. The maximum absolute atomic E-state index is 13.3. The summed E-state index contributed by atoms with van der Waals surface area (Å²) in [6.45, 7) is 4.92. The Hall–Kier alpha value is -3.84. The number of aromatic nitrogens is 3. The average molecular weight is 546 g/mol. The highest BCUT2D eigenvalue weighted by molar-refractivity contribution is 7.46. The molecular formula is C23H27N6O8P. The van der Waals surface area contributed by atoms with Crippen LogP contribution in [0.5, 0.6) is 0 Å². The van der Waals surface area contributed by atoms with Gasteiger partial charge in [-0.05, 0) is 56.9 Å². The van der Waals surface area contributed by atoms with Gasteiger partial charge in [-0.25, -0.2) is 28.3 Å². The normalized spacial score (nSPS) is 13.3. The minimum atomic E-state index is -4.84. The molecule has 0 atom stereocenters. The molecule has 0 bridgehead atoms. The maximum atomic E-state index is 13.3. The van der Waals surface area contributed by atoms with Crippen molar-refractivity contribution in [2.75, 3.05) is 18.7 Å². The highest BCUT2D eigenvalue weighted by Crippen LogP contribution is 2.36. The van der Waals surface area contributed by atoms with Crippen molar-refractivity contribution in [3.05, 3.63) is 53.0 Å². The molecule has 3 aromatic rings. The molecule has 0 radical (unpaired) electrons. The summed E-state index contributed by atoms with van der Waals surface area (Å²) in [4.78, 5) is 61.1. The standard InChI is InChI=1S/C23H27N6O8P/c1-4-24-21(30)17-10-28-19(14(17)3)20(25-11-26-28)27-18-9-15(6-5-13(18)2)22(31)29(16-7-8-16)23(32)36-12-37-38(33,34)35/h5-6,9-11,16H,4,7-8,12H2,1-3H3,(H,24,30)(H,25,26,27)(H2,33,34,35). The Bertz CT molecular complexity index is 1450. The molecule has 0 spiro atoms. The summed E-state index contributed by atoms with van der Waals surface area (Å²) in [6.07, 6.45) is 3.05. The first-order valence-corrected chi connectivity index (χ1v) is 13.2. The molecule has 4 N–H and O–H groups in total. The molecule has 202 valence electrons. The third-order valence-corrected chi connectivity index (χ3v) is 6.32. The van der Waals surface area contributed by atoms with E-state index in [2.05, 4.69) is 25.2 Å². The number of hydrogen-bond acceptors (Lipinski definition) is 9. The average Bonchev–Trinajstić information content (AvgIpc) is 3.62. The van der Waals surface area contributed by atoms with Crippen LogP contribution in [0.3, 0.4) is 0 Å². The van der Waals surface area contributed by atoms with Crippen LogP contribution in [0.2, 0.25) is 0 Å². The molecule has 1 aromatic carbocycles. The van der Waals surface area contributed by atoms with E-state index < -0.39 is 26.6 Å². The number of imide groups is 1. The van der Waals surface area contributed by atoms with Gasteiger partial charge in [0.05, 0.1) is 5.56 Å². The number of hydrogen-bond donors (Lipinski definition) is 4. The van der Waals surface area contributed by atoms with E-state index in [1.54, 1.807) is 35.8 Å². The second kappa shape index (κ2) is 10.9. The van der Waals surface area contributed by atoms with Crippen molar-refractivity contribution in [3.63, 3.8) is 0 Å². The van der Waals surface area contributed by atoms with Gasteiger partial charge in [-0.2, -0.15) is 5.10 Å². The van der Waals surface area contributed by atoms with Crippen LogP contribution in [-0.2, 0) is 13.8 Å². The SMILES string of the molecule is CCNC(=O)c1cn2ncnc(Nc3cc(C(=O)N(C(=O)OCOP(=O)(O)O)C4CC4)ccc3C)c2c1C. The maximum Gasteiger partial charge on any atom is 0.472 e. The van der Waals surface area contributed by atoms with Crippen LogP contribution in [0.15, 0.2) is 30.7 Å². The molecule has 15 heteroatoms. The summed E-state index contributed by atoms with van der Waals surface area (Å²) in [7, 11) is -4.84. The fourth-order valence-electron chi connectivity index (χ4n) is 3.84. The third kappa shape index (κ3) is 6.00. The van der Waals surface area contributed by atoms with Crippen molar-refractivity contribution in [3.8, 4) is 0 Å². The first kappa shape index (κ1) is 27.2. The van der Waals surface area contributed by atoms with E-state index in [4.69, 9.17) is 14.5 Å². The Morgan fingerprint density at radius 3 is 2.63 bits per heavy atom. The Morgan fingerprint density at radius 1 is 1.24 bits per heavy atom. The van der Waals surface area contributed by atoms with Crippen LogP contribution in [0, 0.1) is 13.8 Å². The van der Waals surface area contributed by atoms with E-state index in [-0.39, 0.29) is 17.5 Å². The lowest BCUT2D eigenvalue weighted by atomic mass is 10.1. The molecule has 2 heterocycles. The lowest BCUT2D eigenvalue weighted by molar-refractivity contribution is 0.0193. The van der Waals surface area contributed by atoms with Gasteiger partial charge in [-0.15, -0.1) is 0 Å².